The van der Waals surface area contributed by atoms with Gasteiger partial charge in [-0.1, -0.05) is 0 Å². The molecule has 0 aliphatic rings. The van der Waals surface area contributed by atoms with Crippen molar-refractivity contribution in [1.29, 1.82) is 0 Å². The van der Waals surface area contributed by atoms with E-state index in [4.69, 9.17) is 122 Å². The van der Waals surface area contributed by atoms with Gasteiger partial charge in [-0.25, -0.2) is 0 Å². The van der Waals surface area contributed by atoms with Crippen LogP contribution in [0, 0.1) is 0 Å². The molecule has 0 aliphatic carbocycles. The Labute approximate surface area is 487 Å². The molecule has 0 aromatic rings. The maximum absolute atomic E-state index is 5.87. The number of ether oxygens (including phenoxy) is 23. The Morgan fingerprint density at radius 1 is 0.173 bits per heavy atom. The zero-order valence-electron chi connectivity index (χ0n) is 50.5. The van der Waals surface area contributed by atoms with Crippen molar-refractivity contribution in [3.8, 4) is 0 Å². The van der Waals surface area contributed by atoms with Crippen molar-refractivity contribution in [3.63, 3.8) is 0 Å². The van der Waals surface area contributed by atoms with Gasteiger partial charge in [0, 0.05) is 39.6 Å². The van der Waals surface area contributed by atoms with Gasteiger partial charge in [0.2, 0.25) is 0 Å². The molecule has 26 nitrogen and oxygen atoms in total. The van der Waals surface area contributed by atoms with Gasteiger partial charge in [-0.05, 0) is 27.2 Å². The minimum atomic E-state index is -2.60. The molecule has 0 saturated heterocycles. The topological polar surface area (TPSA) is 240 Å². The molecule has 81 heavy (non-hydrogen) atoms. The lowest BCUT2D eigenvalue weighted by Gasteiger charge is -2.28. The third-order valence-corrected chi connectivity index (χ3v) is 13.3. The SMILES string of the molecule is CCO[Si](CCCOCCOCCOCCOCCOCCOCCOCCOCCOCCOCCOCCOCCOCCOCCOCCOCCOCCOCCOCCOCCOCCOCCOC)(OCC)OCC. The minimum absolute atomic E-state index is 0.486. The molecule has 0 atom stereocenters. The first-order chi connectivity index (χ1) is 40.2. The van der Waals surface area contributed by atoms with Crippen LogP contribution in [-0.4, -0.2) is 333 Å². The van der Waals surface area contributed by atoms with Gasteiger partial charge in [-0.15, -0.1) is 0 Å². The van der Waals surface area contributed by atoms with Gasteiger partial charge in [-0.3, -0.25) is 0 Å². The van der Waals surface area contributed by atoms with Crippen LogP contribution in [0.25, 0.3) is 0 Å². The molecule has 0 aliphatic heterocycles. The van der Waals surface area contributed by atoms with Gasteiger partial charge >= 0.3 is 8.80 Å². The van der Waals surface area contributed by atoms with Crippen LogP contribution in [0.15, 0.2) is 0 Å². The van der Waals surface area contributed by atoms with Crippen LogP contribution in [0.3, 0.4) is 0 Å². The van der Waals surface area contributed by atoms with Crippen LogP contribution in [0.5, 0.6) is 0 Å². The molecule has 0 rings (SSSR count). The number of rotatable bonds is 76. The zero-order valence-corrected chi connectivity index (χ0v) is 51.5. The molecule has 27 heteroatoms. The lowest BCUT2D eigenvalue weighted by molar-refractivity contribution is -0.0318. The van der Waals surface area contributed by atoms with E-state index in [-0.39, 0.29) is 0 Å². The third kappa shape index (κ3) is 68.2. The Morgan fingerprint density at radius 2 is 0.296 bits per heavy atom. The Morgan fingerprint density at radius 3 is 0.420 bits per heavy atom. The van der Waals surface area contributed by atoms with Crippen LogP contribution in [0.1, 0.15) is 27.2 Å². The van der Waals surface area contributed by atoms with Crippen LogP contribution in [-0.2, 0) is 122 Å². The second kappa shape index (κ2) is 73.4. The van der Waals surface area contributed by atoms with Crippen molar-refractivity contribution in [2.45, 2.75) is 33.2 Å². The summed E-state index contributed by atoms with van der Waals surface area (Å²) >= 11 is 0. The summed E-state index contributed by atoms with van der Waals surface area (Å²) in [5.74, 6) is 0. The summed E-state index contributed by atoms with van der Waals surface area (Å²) in [5, 5.41) is 0. The maximum Gasteiger partial charge on any atom is 0.501 e. The molecule has 0 radical (unpaired) electrons. The van der Waals surface area contributed by atoms with Gasteiger partial charge in [0.15, 0.2) is 0 Å². The molecule has 0 N–H and O–H groups in total. The fraction of sp³-hybridized carbons (Fsp3) is 1.00. The van der Waals surface area contributed by atoms with Crippen molar-refractivity contribution in [2.24, 2.45) is 0 Å². The Balaban J connectivity index is 3.14. The van der Waals surface area contributed by atoms with E-state index in [0.29, 0.717) is 317 Å². The quantitative estimate of drug-likeness (QED) is 0.0628. The molecule has 0 heterocycles. The molecule has 0 bridgehead atoms. The fourth-order valence-corrected chi connectivity index (χ4v) is 8.83. The number of methoxy groups -OCH3 is 1. The summed E-state index contributed by atoms with van der Waals surface area (Å²) in [6.07, 6.45) is 0.817. The molecule has 0 aromatic carbocycles. The van der Waals surface area contributed by atoms with E-state index in [1.165, 1.54) is 0 Å². The van der Waals surface area contributed by atoms with Crippen LogP contribution < -0.4 is 0 Å². The molecule has 0 fully saturated rings. The largest absolute Gasteiger partial charge is 0.501 e. The fourth-order valence-electron chi connectivity index (χ4n) is 6.25. The smallest absolute Gasteiger partial charge is 0.382 e. The summed E-state index contributed by atoms with van der Waals surface area (Å²) in [4.78, 5) is 0. The van der Waals surface area contributed by atoms with Gasteiger partial charge < -0.3 is 122 Å². The van der Waals surface area contributed by atoms with E-state index in [2.05, 4.69) is 0 Å². The van der Waals surface area contributed by atoms with Crippen molar-refractivity contribution in [2.75, 3.05) is 324 Å². The average Bonchev–Trinajstić information content (AvgIpc) is 3.47. The molecular weight excluding hydrogens is 1090 g/mol. The highest BCUT2D eigenvalue weighted by Crippen LogP contribution is 2.18. The average molecular weight is 1210 g/mol. The lowest BCUT2D eigenvalue weighted by Crippen LogP contribution is -2.46. The normalized spacial score (nSPS) is 12.0. The predicted molar refractivity (Wildman–Crippen MR) is 300 cm³/mol. The third-order valence-electron chi connectivity index (χ3n) is 10.1. The number of hydrogen-bond acceptors (Lipinski definition) is 26. The second-order valence-corrected chi connectivity index (χ2v) is 19.3. The highest BCUT2D eigenvalue weighted by molar-refractivity contribution is 6.60. The van der Waals surface area contributed by atoms with Crippen molar-refractivity contribution < 1.29 is 122 Å². The first-order valence-electron chi connectivity index (χ1n) is 29.4. The highest BCUT2D eigenvalue weighted by Gasteiger charge is 2.39. The molecule has 0 spiro atoms. The summed E-state index contributed by atoms with van der Waals surface area (Å²) in [6.45, 7) is 30.3. The van der Waals surface area contributed by atoms with E-state index in [9.17, 15) is 0 Å². The summed E-state index contributed by atoms with van der Waals surface area (Å²) in [7, 11) is -0.959. The Kier molecular flexibility index (Phi) is 72.7. The van der Waals surface area contributed by atoms with Crippen molar-refractivity contribution in [3.05, 3.63) is 0 Å². The Bertz CT molecular complexity index is 1100. The lowest BCUT2D eigenvalue weighted by atomic mass is 10.5. The van der Waals surface area contributed by atoms with Gasteiger partial charge in [0.05, 0.1) is 291 Å². The molecule has 0 saturated carbocycles. The van der Waals surface area contributed by atoms with Gasteiger partial charge in [-0.2, -0.15) is 0 Å². The molecule has 0 aromatic heterocycles. The van der Waals surface area contributed by atoms with Crippen molar-refractivity contribution >= 4 is 8.80 Å². The molecular formula is C54H112O26Si. The Hall–Kier alpha value is -0.823. The second-order valence-electron chi connectivity index (χ2n) is 16.6. The monoisotopic (exact) mass is 1200 g/mol. The summed E-state index contributed by atoms with van der Waals surface area (Å²) in [6, 6.07) is 0.740. The van der Waals surface area contributed by atoms with Crippen LogP contribution in [0.4, 0.5) is 0 Å². The first kappa shape index (κ1) is 80.2. The zero-order chi connectivity index (χ0) is 58.2. The van der Waals surface area contributed by atoms with Crippen LogP contribution >= 0.6 is 0 Å². The molecule has 0 unspecified atom stereocenters. The molecule has 488 valence electrons. The summed E-state index contributed by atoms with van der Waals surface area (Å²) < 4.78 is 144. The van der Waals surface area contributed by atoms with E-state index >= 15 is 0 Å². The standard InChI is InChI=1S/C54H112O26Si/c1-5-78-81(79-6-2,80-7-3)54-8-9-56-12-13-58-16-17-60-20-21-62-24-25-64-28-29-66-32-33-68-36-37-70-40-41-72-44-45-74-48-49-76-52-53-77-51-50-75-47-46-73-43-42-71-39-38-69-35-34-67-31-30-65-27-26-63-23-22-61-19-18-59-15-14-57-11-10-55-4/h5-54H2,1-4H3. The molecule has 0 amide bonds. The maximum atomic E-state index is 5.87. The minimum Gasteiger partial charge on any atom is -0.382 e. The van der Waals surface area contributed by atoms with Gasteiger partial charge in [0.1, 0.15) is 0 Å². The van der Waals surface area contributed by atoms with E-state index in [0.717, 1.165) is 12.5 Å². The van der Waals surface area contributed by atoms with Gasteiger partial charge in [0.25, 0.3) is 0 Å². The number of hydrogen-bond donors (Lipinski definition) is 0. The van der Waals surface area contributed by atoms with E-state index in [1.54, 1.807) is 7.11 Å². The first-order valence-corrected chi connectivity index (χ1v) is 31.3. The van der Waals surface area contributed by atoms with E-state index in [1.807, 2.05) is 20.8 Å². The highest BCUT2D eigenvalue weighted by atomic mass is 28.4. The summed E-state index contributed by atoms with van der Waals surface area (Å²) in [5.41, 5.74) is 0. The predicted octanol–water partition coefficient (Wildman–Crippen LogP) is 2.44. The van der Waals surface area contributed by atoms with Crippen molar-refractivity contribution in [1.82, 2.24) is 0 Å². The van der Waals surface area contributed by atoms with E-state index < -0.39 is 8.80 Å². The van der Waals surface area contributed by atoms with Crippen LogP contribution in [0.2, 0.25) is 6.04 Å².